The Labute approximate surface area is 103 Å². The standard InChI is InChI=1S/C9H13.3CH3O.Ti/c1-2-3-6-9-7-4-5-8-9;3*1-2;/h4-5,7-8H,2-3,6H2,1H3;3*1H3;/q;3*-1;+3. The molecule has 0 amide bonds. The summed E-state index contributed by atoms with van der Waals surface area (Å²) in [6.07, 6.45) is 11.8. The van der Waals surface area contributed by atoms with Gasteiger partial charge < -0.3 is 0 Å². The summed E-state index contributed by atoms with van der Waals surface area (Å²) in [4.78, 5) is 0. The molecule has 0 N–H and O–H groups in total. The molecule has 0 saturated heterocycles. The normalized spacial score (nSPS) is 18.2. The Morgan fingerprint density at radius 3 is 1.88 bits per heavy atom. The maximum atomic E-state index is 5.66. The summed E-state index contributed by atoms with van der Waals surface area (Å²) in [5, 5.41) is 0. The van der Waals surface area contributed by atoms with E-state index in [2.05, 4.69) is 31.2 Å². The van der Waals surface area contributed by atoms with Crippen molar-refractivity contribution in [3.63, 3.8) is 0 Å². The van der Waals surface area contributed by atoms with Crippen molar-refractivity contribution < 1.29 is 27.7 Å². The van der Waals surface area contributed by atoms with Crippen molar-refractivity contribution in [1.82, 2.24) is 0 Å². The minimum atomic E-state index is -3.21. The second-order valence-electron chi connectivity index (χ2n) is 4.03. The van der Waals surface area contributed by atoms with E-state index in [0.717, 1.165) is 12.8 Å². The summed E-state index contributed by atoms with van der Waals surface area (Å²) in [6.45, 7) is 2.19. The molecule has 0 aromatic carbocycles. The van der Waals surface area contributed by atoms with E-state index in [0.29, 0.717) is 0 Å². The van der Waals surface area contributed by atoms with Crippen molar-refractivity contribution in [2.45, 2.75) is 29.9 Å². The molecule has 4 heteroatoms. The minimum absolute atomic E-state index is 0.131. The molecule has 0 aliphatic heterocycles. The fourth-order valence-electron chi connectivity index (χ4n) is 2.32. The van der Waals surface area contributed by atoms with Crippen LogP contribution in [0.15, 0.2) is 24.3 Å². The van der Waals surface area contributed by atoms with Gasteiger partial charge in [0.15, 0.2) is 0 Å². The molecular formula is C12H22O3Ti. The third-order valence-corrected chi connectivity index (χ3v) is 8.43. The first-order valence-corrected chi connectivity index (χ1v) is 8.42. The third kappa shape index (κ3) is 2.34. The molecule has 0 heterocycles. The quantitative estimate of drug-likeness (QED) is 0.659. The van der Waals surface area contributed by atoms with Crippen LogP contribution in [0.25, 0.3) is 0 Å². The molecule has 1 aliphatic carbocycles. The summed E-state index contributed by atoms with van der Waals surface area (Å²) in [5.41, 5.74) is 0. The molecule has 0 spiro atoms. The molecule has 16 heavy (non-hydrogen) atoms. The van der Waals surface area contributed by atoms with E-state index < -0.39 is 17.8 Å². The Balaban J connectivity index is 2.99. The van der Waals surface area contributed by atoms with Crippen LogP contribution in [0.1, 0.15) is 26.2 Å². The second-order valence-corrected chi connectivity index (χ2v) is 9.13. The van der Waals surface area contributed by atoms with Crippen molar-refractivity contribution >= 4 is 0 Å². The zero-order valence-electron chi connectivity index (χ0n) is 10.7. The van der Waals surface area contributed by atoms with Gasteiger partial charge in [0.2, 0.25) is 0 Å². The molecule has 3 nitrogen and oxygen atoms in total. The van der Waals surface area contributed by atoms with Crippen LogP contribution < -0.4 is 0 Å². The van der Waals surface area contributed by atoms with E-state index in [1.807, 2.05) is 0 Å². The number of hydrogen-bond acceptors (Lipinski definition) is 3. The van der Waals surface area contributed by atoms with Crippen LogP contribution in [0.2, 0.25) is 3.72 Å². The molecule has 0 radical (unpaired) electrons. The van der Waals surface area contributed by atoms with E-state index in [1.165, 1.54) is 6.42 Å². The molecule has 0 saturated carbocycles. The summed E-state index contributed by atoms with van der Waals surface area (Å²) in [6, 6.07) is 0. The van der Waals surface area contributed by atoms with Gasteiger partial charge in [-0.3, -0.25) is 0 Å². The van der Waals surface area contributed by atoms with Gasteiger partial charge in [-0.05, 0) is 0 Å². The average Bonchev–Trinajstić information content (AvgIpc) is 2.80. The van der Waals surface area contributed by atoms with Crippen LogP contribution >= 0.6 is 0 Å². The molecule has 0 aromatic rings. The Morgan fingerprint density at radius 2 is 1.50 bits per heavy atom. The van der Waals surface area contributed by atoms with E-state index in [-0.39, 0.29) is 3.72 Å². The van der Waals surface area contributed by atoms with Crippen molar-refractivity contribution in [2.75, 3.05) is 21.3 Å². The molecule has 0 fully saturated rings. The second kappa shape index (κ2) is 6.13. The first-order chi connectivity index (χ1) is 7.70. The molecule has 1 rings (SSSR count). The number of hydrogen-bond donors (Lipinski definition) is 0. The number of allylic oxidation sites excluding steroid dienone is 4. The molecular weight excluding hydrogens is 240 g/mol. The van der Waals surface area contributed by atoms with Crippen LogP contribution in [0.5, 0.6) is 0 Å². The maximum absolute atomic E-state index is 5.66. The van der Waals surface area contributed by atoms with Gasteiger partial charge in [-0.15, -0.1) is 0 Å². The van der Waals surface area contributed by atoms with Gasteiger partial charge in [-0.25, -0.2) is 0 Å². The number of unbranched alkanes of at least 4 members (excludes halogenated alkanes) is 1. The van der Waals surface area contributed by atoms with Gasteiger partial charge in [-0.1, -0.05) is 0 Å². The van der Waals surface area contributed by atoms with Crippen LogP contribution in [0, 0.1) is 0 Å². The van der Waals surface area contributed by atoms with Gasteiger partial charge in [0.25, 0.3) is 0 Å². The Morgan fingerprint density at radius 1 is 1.00 bits per heavy atom. The molecule has 1 aliphatic rings. The first-order valence-electron chi connectivity index (χ1n) is 5.73. The predicted octanol–water partition coefficient (Wildman–Crippen LogP) is 3.30. The van der Waals surface area contributed by atoms with E-state index in [9.17, 15) is 0 Å². The Bertz CT molecular complexity index is 249. The summed E-state index contributed by atoms with van der Waals surface area (Å²) in [7, 11) is 5.09. The summed E-state index contributed by atoms with van der Waals surface area (Å²) in [5.74, 6) is 0. The average molecular weight is 262 g/mol. The molecule has 0 atom stereocenters. The molecule has 0 bridgehead atoms. The van der Waals surface area contributed by atoms with Gasteiger partial charge in [0.1, 0.15) is 0 Å². The van der Waals surface area contributed by atoms with Crippen molar-refractivity contribution in [2.24, 2.45) is 0 Å². The van der Waals surface area contributed by atoms with Crippen LogP contribution in [-0.2, 0) is 27.7 Å². The van der Waals surface area contributed by atoms with Gasteiger partial charge in [0, 0.05) is 0 Å². The van der Waals surface area contributed by atoms with Crippen LogP contribution in [0.3, 0.4) is 0 Å². The van der Waals surface area contributed by atoms with Crippen molar-refractivity contribution in [3.8, 4) is 0 Å². The Kier molecular flexibility index (Phi) is 5.41. The Hall–Kier alpha value is 0.0743. The van der Waals surface area contributed by atoms with Crippen molar-refractivity contribution in [3.05, 3.63) is 24.3 Å². The fourth-order valence-corrected chi connectivity index (χ4v) is 6.58. The zero-order chi connectivity index (χ0) is 12.1. The predicted molar refractivity (Wildman–Crippen MR) is 61.5 cm³/mol. The summed E-state index contributed by atoms with van der Waals surface area (Å²) >= 11 is -3.21. The van der Waals surface area contributed by atoms with E-state index in [1.54, 1.807) is 21.3 Å². The molecule has 92 valence electrons. The van der Waals surface area contributed by atoms with Gasteiger partial charge in [0.05, 0.1) is 0 Å². The van der Waals surface area contributed by atoms with Gasteiger partial charge >= 0.3 is 103 Å². The van der Waals surface area contributed by atoms with Crippen molar-refractivity contribution in [1.29, 1.82) is 0 Å². The van der Waals surface area contributed by atoms with Gasteiger partial charge in [-0.2, -0.15) is 0 Å². The van der Waals surface area contributed by atoms with E-state index >= 15 is 0 Å². The topological polar surface area (TPSA) is 27.7 Å². The molecule has 0 unspecified atom stereocenters. The van der Waals surface area contributed by atoms with Crippen LogP contribution in [-0.4, -0.2) is 21.3 Å². The van der Waals surface area contributed by atoms with Crippen LogP contribution in [0.4, 0.5) is 0 Å². The van der Waals surface area contributed by atoms with E-state index in [4.69, 9.17) is 9.96 Å². The first kappa shape index (κ1) is 14.1. The summed E-state index contributed by atoms with van der Waals surface area (Å²) < 4.78 is 16.9. The monoisotopic (exact) mass is 262 g/mol. The third-order valence-electron chi connectivity index (χ3n) is 3.22. The zero-order valence-corrected chi connectivity index (χ0v) is 12.2. The SMILES string of the molecule is CCCC[C]1([Ti]([O]C)([O]C)[O]C)C=CC=C1. The number of rotatable bonds is 7. The molecule has 0 aromatic heterocycles. The fraction of sp³-hybridized carbons (Fsp3) is 0.667.